The maximum atomic E-state index is 14.1. The highest BCUT2D eigenvalue weighted by molar-refractivity contribution is 9.09. The van der Waals surface area contributed by atoms with Gasteiger partial charge >= 0.3 is 0 Å². The number of methoxy groups -OCH3 is 2. The highest BCUT2D eigenvalue weighted by Gasteiger charge is 2.76. The van der Waals surface area contributed by atoms with Crippen LogP contribution in [-0.4, -0.2) is 68.0 Å². The van der Waals surface area contributed by atoms with E-state index in [0.29, 0.717) is 11.1 Å². The number of phenols is 1. The quantitative estimate of drug-likeness (QED) is 0.116. The first kappa shape index (κ1) is 30.4. The second kappa shape index (κ2) is 10.5. The van der Waals surface area contributed by atoms with Crippen LogP contribution in [0.2, 0.25) is 0 Å². The second-order valence-electron chi connectivity index (χ2n) is 11.0. The molecular weight excluding hydrogens is 685 g/mol. The van der Waals surface area contributed by atoms with Crippen LogP contribution in [0, 0.1) is 27.9 Å². The van der Waals surface area contributed by atoms with Gasteiger partial charge in [-0.2, -0.15) is 0 Å². The molecule has 2 aliphatic heterocycles. The number of alkyl halides is 3. The van der Waals surface area contributed by atoms with Gasteiger partial charge in [0.25, 0.3) is 17.5 Å². The molecule has 230 valence electrons. The summed E-state index contributed by atoms with van der Waals surface area (Å²) in [5.41, 5.74) is 0.426. The zero-order chi connectivity index (χ0) is 31.9. The number of anilines is 1. The van der Waals surface area contributed by atoms with Crippen LogP contribution < -0.4 is 14.4 Å². The molecule has 2 aromatic rings. The molecule has 2 aromatic carbocycles. The molecule has 4 amide bonds. The summed E-state index contributed by atoms with van der Waals surface area (Å²) in [5.74, 6) is -6.71. The van der Waals surface area contributed by atoms with Crippen LogP contribution in [0.25, 0.3) is 0 Å². The number of nitrogens with zero attached hydrogens (tertiary/aromatic N) is 3. The molecule has 3 fully saturated rings. The topological polar surface area (TPSA) is 157 Å². The molecule has 15 heteroatoms. The molecule has 1 N–H and O–H groups in total. The number of non-ortho nitro benzene ring substituents is 1. The third-order valence-corrected chi connectivity index (χ3v) is 11.1. The predicted molar refractivity (Wildman–Crippen MR) is 160 cm³/mol. The van der Waals surface area contributed by atoms with Gasteiger partial charge in [0.15, 0.2) is 21.2 Å². The summed E-state index contributed by atoms with van der Waals surface area (Å²) in [6, 6.07) is 8.15. The van der Waals surface area contributed by atoms with Crippen LogP contribution in [0.1, 0.15) is 24.3 Å². The van der Waals surface area contributed by atoms with E-state index in [4.69, 9.17) is 32.7 Å². The largest absolute Gasteiger partial charge is 0.502 e. The SMILES string of the molecule is COc1cc([C@H]2C3=CC[C@@H]4C(=O)N(c5cccc([N+](=O)[O-])c5)C(=O)[C@@H]4[C@@H]3C[C@@]3(Cl)C(=O)N(CBr)C(=O)[C@@]23Cl)cc(OC)c1O. The van der Waals surface area contributed by atoms with Crippen LogP contribution in [-0.2, 0) is 19.2 Å². The van der Waals surface area contributed by atoms with Gasteiger partial charge in [-0.3, -0.25) is 34.2 Å². The van der Waals surface area contributed by atoms with Crippen molar-refractivity contribution in [2.75, 3.05) is 24.6 Å². The lowest BCUT2D eigenvalue weighted by Crippen LogP contribution is -2.60. The summed E-state index contributed by atoms with van der Waals surface area (Å²) in [5, 5.41) is 22.0. The van der Waals surface area contributed by atoms with Gasteiger partial charge in [0.2, 0.25) is 17.6 Å². The molecule has 1 saturated carbocycles. The van der Waals surface area contributed by atoms with Crippen molar-refractivity contribution in [3.63, 3.8) is 0 Å². The van der Waals surface area contributed by atoms with Crippen molar-refractivity contribution >= 4 is 74.1 Å². The molecule has 6 atom stereocenters. The van der Waals surface area contributed by atoms with Crippen LogP contribution in [0.3, 0.4) is 0 Å². The van der Waals surface area contributed by atoms with Gasteiger partial charge in [0.05, 0.1) is 42.1 Å². The number of likely N-dealkylation sites (tertiary alicyclic amines) is 1. The molecule has 44 heavy (non-hydrogen) atoms. The van der Waals surface area contributed by atoms with E-state index in [1.807, 2.05) is 0 Å². The van der Waals surface area contributed by atoms with Crippen molar-refractivity contribution in [2.45, 2.75) is 28.5 Å². The van der Waals surface area contributed by atoms with Gasteiger partial charge in [0.1, 0.15) is 0 Å². The number of imide groups is 2. The van der Waals surface area contributed by atoms with Gasteiger partial charge in [-0.15, -0.1) is 23.2 Å². The number of phenolic OH excluding ortho intramolecular Hbond substituents is 1. The number of amides is 4. The number of benzene rings is 2. The number of carbonyl (C=O) groups is 4. The average Bonchev–Trinajstić information content (AvgIpc) is 3.34. The molecule has 0 bridgehead atoms. The number of fused-ring (bicyclic) bond motifs is 4. The standard InChI is InChI=1S/C29H24BrCl2N3O9/c1-43-19-8-13(9-20(44-2)23(19)36)22-16-6-7-17-21(18(16)11-28(31)26(39)33(12-30)27(40)29(22,28)32)25(38)34(24(17)37)14-4-3-5-15(10-14)35(41)42/h3-6,8-10,17-18,21-22,36H,7,11-12H2,1-2H3/t17-,18+,21-,22-,28+,29-/m0/s1. The molecule has 12 nitrogen and oxygen atoms in total. The number of halogens is 3. The van der Waals surface area contributed by atoms with Gasteiger partial charge in [-0.1, -0.05) is 33.6 Å². The molecule has 2 heterocycles. The van der Waals surface area contributed by atoms with Crippen molar-refractivity contribution in [1.82, 2.24) is 4.90 Å². The molecule has 0 spiro atoms. The van der Waals surface area contributed by atoms with Crippen molar-refractivity contribution in [3.8, 4) is 17.2 Å². The lowest BCUT2D eigenvalue weighted by molar-refractivity contribution is -0.384. The third kappa shape index (κ3) is 3.88. The summed E-state index contributed by atoms with van der Waals surface area (Å²) in [4.78, 5) is 64.1. The summed E-state index contributed by atoms with van der Waals surface area (Å²) >= 11 is 17.6. The number of ether oxygens (including phenoxy) is 2. The first-order valence-electron chi connectivity index (χ1n) is 13.4. The van der Waals surface area contributed by atoms with Crippen LogP contribution in [0.5, 0.6) is 17.2 Å². The Labute approximate surface area is 268 Å². The maximum Gasteiger partial charge on any atom is 0.271 e. The Morgan fingerprint density at radius 3 is 2.30 bits per heavy atom. The fourth-order valence-electron chi connectivity index (χ4n) is 7.21. The maximum absolute atomic E-state index is 14.1. The van der Waals surface area contributed by atoms with Crippen LogP contribution in [0.15, 0.2) is 48.0 Å². The summed E-state index contributed by atoms with van der Waals surface area (Å²) in [7, 11) is 2.66. The number of rotatable bonds is 6. The Hall–Kier alpha value is -3.68. The van der Waals surface area contributed by atoms with E-state index >= 15 is 0 Å². The Morgan fingerprint density at radius 1 is 1.05 bits per heavy atom. The third-order valence-electron chi connectivity index (χ3n) is 9.15. The minimum absolute atomic E-state index is 0.00860. The predicted octanol–water partition coefficient (Wildman–Crippen LogP) is 4.23. The molecule has 6 rings (SSSR count). The first-order chi connectivity index (χ1) is 20.8. The number of carbonyl (C=O) groups excluding carboxylic acids is 4. The molecule has 2 saturated heterocycles. The molecule has 0 aromatic heterocycles. The fraction of sp³-hybridized carbons (Fsp3) is 0.379. The van der Waals surface area contributed by atoms with Gasteiger partial charge in [-0.25, -0.2) is 4.90 Å². The van der Waals surface area contributed by atoms with Gasteiger partial charge in [-0.05, 0) is 42.5 Å². The Morgan fingerprint density at radius 2 is 1.70 bits per heavy atom. The molecule has 4 aliphatic rings. The zero-order valence-corrected chi connectivity index (χ0v) is 26.3. The number of hydrogen-bond acceptors (Lipinski definition) is 9. The highest BCUT2D eigenvalue weighted by atomic mass is 79.9. The van der Waals surface area contributed by atoms with E-state index < -0.39 is 62.0 Å². The van der Waals surface area contributed by atoms with Crippen LogP contribution in [0.4, 0.5) is 11.4 Å². The Kier molecular flexibility index (Phi) is 7.21. The number of nitro benzene ring substituents is 1. The van der Waals surface area contributed by atoms with Gasteiger partial charge < -0.3 is 14.6 Å². The van der Waals surface area contributed by atoms with E-state index in [1.54, 1.807) is 6.08 Å². The van der Waals surface area contributed by atoms with Crippen molar-refractivity contribution < 1.29 is 38.7 Å². The number of aromatic hydroxyl groups is 1. The second-order valence-corrected chi connectivity index (χ2v) is 12.8. The lowest BCUT2D eigenvalue weighted by atomic mass is 9.56. The number of allylic oxidation sites excluding steroid dienone is 2. The summed E-state index contributed by atoms with van der Waals surface area (Å²) in [6.45, 7) is 0. The van der Waals surface area contributed by atoms with Crippen molar-refractivity contribution in [1.29, 1.82) is 0 Å². The van der Waals surface area contributed by atoms with Crippen molar-refractivity contribution in [3.05, 3.63) is 63.7 Å². The molecule has 2 aliphatic carbocycles. The first-order valence-corrected chi connectivity index (χ1v) is 15.3. The van der Waals surface area contributed by atoms with Crippen molar-refractivity contribution in [2.24, 2.45) is 17.8 Å². The fourth-order valence-corrected chi connectivity index (χ4v) is 8.63. The average molecular weight is 709 g/mol. The zero-order valence-electron chi connectivity index (χ0n) is 23.2. The molecule has 0 unspecified atom stereocenters. The highest BCUT2D eigenvalue weighted by Crippen LogP contribution is 2.66. The van der Waals surface area contributed by atoms with Crippen LogP contribution >= 0.6 is 39.1 Å². The van der Waals surface area contributed by atoms with E-state index in [-0.39, 0.29) is 46.9 Å². The summed E-state index contributed by atoms with van der Waals surface area (Å²) < 4.78 is 10.7. The van der Waals surface area contributed by atoms with Gasteiger partial charge in [0, 0.05) is 18.1 Å². The monoisotopic (exact) mass is 707 g/mol. The lowest BCUT2D eigenvalue weighted by Gasteiger charge is -2.50. The van der Waals surface area contributed by atoms with E-state index in [9.17, 15) is 34.4 Å². The molecule has 0 radical (unpaired) electrons. The smallest absolute Gasteiger partial charge is 0.271 e. The number of hydrogen-bond donors (Lipinski definition) is 1. The number of nitro groups is 1. The van der Waals surface area contributed by atoms with E-state index in [0.717, 1.165) is 15.9 Å². The molecular formula is C29H24BrCl2N3O9. The Balaban J connectivity index is 1.53. The summed E-state index contributed by atoms with van der Waals surface area (Å²) in [6.07, 6.45) is 1.62. The minimum atomic E-state index is -2.06. The van der Waals surface area contributed by atoms with E-state index in [1.165, 1.54) is 44.6 Å². The Bertz CT molecular complexity index is 1680. The minimum Gasteiger partial charge on any atom is -0.502 e. The van der Waals surface area contributed by atoms with E-state index in [2.05, 4.69) is 15.9 Å². The normalized spacial score (nSPS) is 31.0.